The first-order valence-corrected chi connectivity index (χ1v) is 7.20. The van der Waals surface area contributed by atoms with Gasteiger partial charge in [-0.1, -0.05) is 12.1 Å². The first kappa shape index (κ1) is 16.0. The summed E-state index contributed by atoms with van der Waals surface area (Å²) in [6, 6.07) is 6.93. The largest absolute Gasteiger partial charge is 0.485 e. The number of amides is 1. The lowest BCUT2D eigenvalue weighted by Crippen LogP contribution is -2.30. The van der Waals surface area contributed by atoms with E-state index in [1.807, 2.05) is 14.0 Å². The Bertz CT molecular complexity index is 595. The van der Waals surface area contributed by atoms with Crippen LogP contribution in [0.25, 0.3) is 0 Å². The van der Waals surface area contributed by atoms with Crippen LogP contribution in [0.4, 0.5) is 0 Å². The van der Waals surface area contributed by atoms with Crippen LogP contribution in [0.15, 0.2) is 28.8 Å². The number of rotatable bonds is 8. The quantitative estimate of drug-likeness (QED) is 0.711. The van der Waals surface area contributed by atoms with Gasteiger partial charge in [-0.25, -0.2) is 0 Å². The highest BCUT2D eigenvalue weighted by molar-refractivity contribution is 5.94. The van der Waals surface area contributed by atoms with Crippen molar-refractivity contribution in [3.63, 3.8) is 0 Å². The fourth-order valence-corrected chi connectivity index (χ4v) is 1.75. The van der Waals surface area contributed by atoms with E-state index in [-0.39, 0.29) is 12.5 Å². The lowest BCUT2D eigenvalue weighted by atomic mass is 10.2. The maximum absolute atomic E-state index is 11.8. The van der Waals surface area contributed by atoms with Gasteiger partial charge < -0.3 is 19.9 Å². The number of likely N-dealkylation sites (N-methyl/N-ethyl adjacent to an activating group) is 1. The number of aryl methyl sites for hydroxylation is 1. The second-order valence-corrected chi connectivity index (χ2v) is 4.63. The third kappa shape index (κ3) is 4.56. The zero-order valence-electron chi connectivity index (χ0n) is 12.8. The van der Waals surface area contributed by atoms with E-state index in [2.05, 4.69) is 20.8 Å². The third-order valence-corrected chi connectivity index (χ3v) is 2.96. The molecule has 0 spiro atoms. The van der Waals surface area contributed by atoms with Crippen LogP contribution in [0.1, 0.15) is 29.0 Å². The van der Waals surface area contributed by atoms with Crippen LogP contribution in [-0.2, 0) is 13.0 Å². The summed E-state index contributed by atoms with van der Waals surface area (Å²) in [4.78, 5) is 16.0. The van der Waals surface area contributed by atoms with E-state index in [9.17, 15) is 4.79 Å². The molecule has 0 saturated heterocycles. The van der Waals surface area contributed by atoms with E-state index in [0.717, 1.165) is 6.54 Å². The van der Waals surface area contributed by atoms with Crippen molar-refractivity contribution in [2.45, 2.75) is 20.0 Å². The smallest absolute Gasteiger partial charge is 0.251 e. The summed E-state index contributed by atoms with van der Waals surface area (Å²) in [5.74, 6) is 1.64. The highest BCUT2D eigenvalue weighted by Gasteiger charge is 2.07. The molecule has 0 bridgehead atoms. The maximum atomic E-state index is 11.8. The summed E-state index contributed by atoms with van der Waals surface area (Å²) in [5, 5.41) is 9.59. The van der Waals surface area contributed by atoms with Gasteiger partial charge >= 0.3 is 0 Å². The van der Waals surface area contributed by atoms with Gasteiger partial charge in [-0.15, -0.1) is 0 Å². The Labute approximate surface area is 129 Å². The molecule has 0 saturated carbocycles. The second kappa shape index (κ2) is 8.14. The summed E-state index contributed by atoms with van der Waals surface area (Å²) in [6.07, 6.45) is 0.699. The first-order valence-electron chi connectivity index (χ1n) is 7.20. The molecule has 22 heavy (non-hydrogen) atoms. The van der Waals surface area contributed by atoms with Crippen molar-refractivity contribution < 1.29 is 14.1 Å². The Morgan fingerprint density at radius 2 is 2.05 bits per heavy atom. The molecule has 7 heteroatoms. The predicted molar refractivity (Wildman–Crippen MR) is 80.7 cm³/mol. The molecule has 0 radical (unpaired) electrons. The standard InChI is InChI=1S/C15H20N4O3/c1-3-14-18-13(19-22-14)10-21-12-6-4-11(5-7-12)15(20)17-9-8-16-2/h4-7,16H,3,8-10H2,1-2H3,(H,17,20). The van der Waals surface area contributed by atoms with Crippen LogP contribution in [-0.4, -0.2) is 36.2 Å². The number of hydrogen-bond donors (Lipinski definition) is 2. The number of carbonyl (C=O) groups is 1. The second-order valence-electron chi connectivity index (χ2n) is 4.63. The summed E-state index contributed by atoms with van der Waals surface area (Å²) < 4.78 is 10.6. The monoisotopic (exact) mass is 304 g/mol. The topological polar surface area (TPSA) is 89.3 Å². The van der Waals surface area contributed by atoms with E-state index in [1.165, 1.54) is 0 Å². The van der Waals surface area contributed by atoms with Crippen molar-refractivity contribution in [2.24, 2.45) is 0 Å². The lowest BCUT2D eigenvalue weighted by molar-refractivity contribution is 0.0954. The van der Waals surface area contributed by atoms with Gasteiger partial charge in [-0.05, 0) is 31.3 Å². The van der Waals surface area contributed by atoms with Crippen LogP contribution in [0.3, 0.4) is 0 Å². The average molecular weight is 304 g/mol. The Morgan fingerprint density at radius 3 is 2.68 bits per heavy atom. The molecule has 2 N–H and O–H groups in total. The van der Waals surface area contributed by atoms with Gasteiger partial charge in [0.15, 0.2) is 6.61 Å². The number of benzene rings is 1. The van der Waals surface area contributed by atoms with Crippen molar-refractivity contribution in [1.29, 1.82) is 0 Å². The molecule has 7 nitrogen and oxygen atoms in total. The van der Waals surface area contributed by atoms with Crippen LogP contribution in [0.2, 0.25) is 0 Å². The molecular weight excluding hydrogens is 284 g/mol. The molecule has 0 unspecified atom stereocenters. The lowest BCUT2D eigenvalue weighted by Gasteiger charge is -2.06. The van der Waals surface area contributed by atoms with Gasteiger partial charge in [-0.3, -0.25) is 4.79 Å². The minimum Gasteiger partial charge on any atom is -0.485 e. The van der Waals surface area contributed by atoms with E-state index >= 15 is 0 Å². The third-order valence-electron chi connectivity index (χ3n) is 2.96. The van der Waals surface area contributed by atoms with E-state index in [0.29, 0.717) is 36.0 Å². The number of ether oxygens (including phenoxy) is 1. The van der Waals surface area contributed by atoms with Gasteiger partial charge in [0, 0.05) is 25.1 Å². The average Bonchev–Trinajstić information content (AvgIpc) is 3.01. The first-order chi connectivity index (χ1) is 10.7. The van der Waals surface area contributed by atoms with Gasteiger partial charge in [0.25, 0.3) is 5.91 Å². The number of hydrogen-bond acceptors (Lipinski definition) is 6. The van der Waals surface area contributed by atoms with Gasteiger partial charge in [0.1, 0.15) is 5.75 Å². The van der Waals surface area contributed by atoms with Gasteiger partial charge in [0.05, 0.1) is 0 Å². The van der Waals surface area contributed by atoms with Crippen molar-refractivity contribution in [2.75, 3.05) is 20.1 Å². The van der Waals surface area contributed by atoms with Crippen LogP contribution >= 0.6 is 0 Å². The molecule has 1 heterocycles. The zero-order valence-corrected chi connectivity index (χ0v) is 12.8. The Hall–Kier alpha value is -2.41. The molecule has 1 aromatic heterocycles. The maximum Gasteiger partial charge on any atom is 0.251 e. The Kier molecular flexibility index (Phi) is 5.91. The van der Waals surface area contributed by atoms with E-state index in [4.69, 9.17) is 9.26 Å². The van der Waals surface area contributed by atoms with Gasteiger partial charge in [0.2, 0.25) is 11.7 Å². The molecular formula is C15H20N4O3. The van der Waals surface area contributed by atoms with Crippen LogP contribution in [0, 0.1) is 0 Å². The number of aromatic nitrogens is 2. The van der Waals surface area contributed by atoms with Crippen LogP contribution < -0.4 is 15.4 Å². The minimum atomic E-state index is -0.104. The summed E-state index contributed by atoms with van der Waals surface area (Å²) >= 11 is 0. The highest BCUT2D eigenvalue weighted by Crippen LogP contribution is 2.13. The highest BCUT2D eigenvalue weighted by atomic mass is 16.5. The minimum absolute atomic E-state index is 0.104. The fourth-order valence-electron chi connectivity index (χ4n) is 1.75. The van der Waals surface area contributed by atoms with Crippen molar-refractivity contribution in [3.05, 3.63) is 41.5 Å². The van der Waals surface area contributed by atoms with E-state index in [1.54, 1.807) is 24.3 Å². The number of carbonyl (C=O) groups excluding carboxylic acids is 1. The van der Waals surface area contributed by atoms with Crippen molar-refractivity contribution in [3.8, 4) is 5.75 Å². The molecule has 1 aromatic carbocycles. The number of nitrogens with one attached hydrogen (secondary N) is 2. The molecule has 0 atom stereocenters. The molecule has 1 amide bonds. The summed E-state index contributed by atoms with van der Waals surface area (Å²) in [7, 11) is 1.84. The number of nitrogens with zero attached hydrogens (tertiary/aromatic N) is 2. The molecule has 0 fully saturated rings. The summed E-state index contributed by atoms with van der Waals surface area (Å²) in [5.41, 5.74) is 0.594. The molecule has 0 aliphatic heterocycles. The Morgan fingerprint density at radius 1 is 1.27 bits per heavy atom. The Balaban J connectivity index is 1.84. The zero-order chi connectivity index (χ0) is 15.8. The van der Waals surface area contributed by atoms with Gasteiger partial charge in [-0.2, -0.15) is 4.98 Å². The molecule has 0 aliphatic carbocycles. The van der Waals surface area contributed by atoms with Crippen molar-refractivity contribution in [1.82, 2.24) is 20.8 Å². The van der Waals surface area contributed by atoms with Crippen LogP contribution in [0.5, 0.6) is 5.75 Å². The molecule has 0 aliphatic rings. The fraction of sp³-hybridized carbons (Fsp3) is 0.400. The molecule has 2 rings (SSSR count). The summed E-state index contributed by atoms with van der Waals surface area (Å²) in [6.45, 7) is 3.50. The predicted octanol–water partition coefficient (Wildman–Crippen LogP) is 1.16. The normalized spacial score (nSPS) is 10.5. The SMILES string of the molecule is CCc1nc(COc2ccc(C(=O)NCCNC)cc2)no1. The van der Waals surface area contributed by atoms with E-state index < -0.39 is 0 Å². The molecule has 2 aromatic rings. The van der Waals surface area contributed by atoms with Crippen molar-refractivity contribution >= 4 is 5.91 Å². The molecule has 118 valence electrons.